The molecular weight excluding hydrogens is 629 g/mol. The van der Waals surface area contributed by atoms with Crippen molar-refractivity contribution in [2.75, 3.05) is 26.2 Å². The molecule has 4 unspecified atom stereocenters. The van der Waals surface area contributed by atoms with Gasteiger partial charge in [-0.2, -0.15) is 13.7 Å². The Morgan fingerprint density at radius 1 is 0.543 bits per heavy atom. The average Bonchev–Trinajstić information content (AvgIpc) is 3.88. The molecule has 4 aromatic heterocycles. The summed E-state index contributed by atoms with van der Waals surface area (Å²) in [5.41, 5.74) is 3.75. The molecule has 0 aromatic carbocycles. The Balaban J connectivity index is 0.000000127. The zero-order valence-corrected chi connectivity index (χ0v) is 30.0. The number of aromatic nitrogens is 6. The van der Waals surface area contributed by atoms with Gasteiger partial charge in [-0.15, -0.1) is 19.3 Å². The highest BCUT2D eigenvalue weighted by Crippen LogP contribution is 2.71. The fourth-order valence-electron chi connectivity index (χ4n) is 8.88. The number of fused-ring (bicyclic) bond motifs is 4. The first-order valence-electron chi connectivity index (χ1n) is 17.0. The third-order valence-corrected chi connectivity index (χ3v) is 20.0. The number of rotatable bonds is 0. The first kappa shape index (κ1) is 29.1. The number of aryl methyl sites for hydroxylation is 4. The third kappa shape index (κ3) is 3.81. The van der Waals surface area contributed by atoms with Crippen LogP contribution in [0.25, 0.3) is 0 Å². The quantitative estimate of drug-likeness (QED) is 0.231. The molecule has 10 rings (SSSR count). The largest absolute Gasteiger partial charge is 0.482 e. The van der Waals surface area contributed by atoms with Gasteiger partial charge in [0.2, 0.25) is 12.0 Å². The lowest BCUT2D eigenvalue weighted by Gasteiger charge is -2.23. The van der Waals surface area contributed by atoms with E-state index < -0.39 is 7.53 Å². The molecule has 2 spiro atoms. The van der Waals surface area contributed by atoms with E-state index in [1.165, 1.54) is 96.6 Å². The van der Waals surface area contributed by atoms with Gasteiger partial charge in [0.15, 0.2) is 44.8 Å². The van der Waals surface area contributed by atoms with Crippen LogP contribution in [-0.2, 0) is 10.7 Å². The zero-order valence-electron chi connectivity index (χ0n) is 27.3. The Morgan fingerprint density at radius 3 is 1.52 bits per heavy atom. The van der Waals surface area contributed by atoms with Crippen molar-refractivity contribution in [3.63, 3.8) is 0 Å². The Kier molecular flexibility index (Phi) is 6.79. The Labute approximate surface area is 273 Å². The van der Waals surface area contributed by atoms with Gasteiger partial charge in [-0.25, -0.2) is 0 Å². The van der Waals surface area contributed by atoms with Crippen LogP contribution in [0.2, 0.25) is 0 Å². The van der Waals surface area contributed by atoms with Gasteiger partial charge >= 0.3 is 10.7 Å². The van der Waals surface area contributed by atoms with Gasteiger partial charge in [0.05, 0.1) is 54.8 Å². The van der Waals surface area contributed by atoms with Crippen molar-refractivity contribution in [1.82, 2.24) is 29.7 Å². The second-order valence-corrected chi connectivity index (χ2v) is 21.2. The second-order valence-electron chi connectivity index (χ2n) is 13.5. The molecule has 10 nitrogen and oxygen atoms in total. The summed E-state index contributed by atoms with van der Waals surface area (Å²) in [6.45, 7) is 13.3. The molecule has 0 aliphatic carbocycles. The van der Waals surface area contributed by atoms with Crippen LogP contribution >= 0.6 is 22.6 Å². The lowest BCUT2D eigenvalue weighted by molar-refractivity contribution is -0.820. The van der Waals surface area contributed by atoms with Crippen molar-refractivity contribution in [2.45, 2.75) is 89.7 Å². The van der Waals surface area contributed by atoms with Crippen LogP contribution in [0, 0.1) is 27.7 Å². The van der Waals surface area contributed by atoms with Crippen LogP contribution in [0.5, 0.6) is 0 Å². The number of hydrogen-bond acceptors (Lipinski definition) is 5. The lowest BCUT2D eigenvalue weighted by Crippen LogP contribution is -2.48. The van der Waals surface area contributed by atoms with Crippen LogP contribution in [-0.4, -0.2) is 99.1 Å². The predicted octanol–water partition coefficient (Wildman–Crippen LogP) is 5.50. The minimum atomic E-state index is -0.532. The van der Waals surface area contributed by atoms with Gasteiger partial charge in [-0.05, 0) is 53.4 Å². The summed E-state index contributed by atoms with van der Waals surface area (Å²) < 4.78 is 12.8. The first-order chi connectivity index (χ1) is 22.5. The van der Waals surface area contributed by atoms with E-state index in [1.54, 1.807) is 0 Å². The summed E-state index contributed by atoms with van der Waals surface area (Å²) >= 11 is 0. The minimum absolute atomic E-state index is 0.0981. The molecule has 0 radical (unpaired) electrons. The molecule has 6 aliphatic heterocycles. The molecule has 10 heterocycles. The fraction of sp³-hybridized carbons (Fsp3) is 0.545. The van der Waals surface area contributed by atoms with Gasteiger partial charge in [0.1, 0.15) is 5.82 Å². The van der Waals surface area contributed by atoms with Crippen molar-refractivity contribution in [3.05, 3.63) is 62.4 Å². The summed E-state index contributed by atoms with van der Waals surface area (Å²) in [4.78, 5) is 14.1. The summed E-state index contributed by atoms with van der Waals surface area (Å²) in [5.74, 6) is 1.99. The van der Waals surface area contributed by atoms with Crippen LogP contribution < -0.4 is 0 Å². The van der Waals surface area contributed by atoms with Crippen LogP contribution in [0.1, 0.15) is 95.2 Å². The number of hydrogen-bond donors (Lipinski definition) is 0. The normalized spacial score (nSPS) is 26.7. The summed E-state index contributed by atoms with van der Waals surface area (Å²) in [6, 6.07) is 0. The summed E-state index contributed by atoms with van der Waals surface area (Å²) in [5, 5.41) is 13.2. The van der Waals surface area contributed by atoms with E-state index in [9.17, 15) is 0 Å². The van der Waals surface area contributed by atoms with Crippen molar-refractivity contribution in [2.24, 2.45) is 0 Å². The Bertz CT molecular complexity index is 1740. The molecular formula is C33H43N10P3+4. The van der Waals surface area contributed by atoms with E-state index in [2.05, 4.69) is 109 Å². The molecule has 2 saturated heterocycles. The monoisotopic (exact) mass is 672 g/mol. The lowest BCUT2D eigenvalue weighted by atomic mass is 10.2. The molecule has 4 aromatic rings. The molecule has 236 valence electrons. The van der Waals surface area contributed by atoms with Crippen LogP contribution in [0.4, 0.5) is 0 Å². The van der Waals surface area contributed by atoms with Crippen LogP contribution in [0.3, 0.4) is 0 Å². The Morgan fingerprint density at radius 2 is 0.978 bits per heavy atom. The van der Waals surface area contributed by atoms with E-state index in [0.29, 0.717) is 0 Å². The molecule has 13 heteroatoms. The first-order valence-corrected chi connectivity index (χ1v) is 21.0. The van der Waals surface area contributed by atoms with Crippen molar-refractivity contribution in [3.8, 4) is 0 Å². The van der Waals surface area contributed by atoms with Gasteiger partial charge < -0.3 is 0 Å². The van der Waals surface area contributed by atoms with Crippen molar-refractivity contribution < 1.29 is 18.3 Å². The highest BCUT2D eigenvalue weighted by molar-refractivity contribution is 7.70. The van der Waals surface area contributed by atoms with E-state index in [-0.39, 0.29) is 25.7 Å². The zero-order chi connectivity index (χ0) is 31.2. The average molecular weight is 673 g/mol. The maximum absolute atomic E-state index is 4.72. The SMILES string of the molecule is Cc1ncc2p1C13[N+](=C2)CCCCCC[N+]1=Cc1cnc(C)p13.Cc1nnc2n1C13[N+](=C2)CCCCCC[N+]1=Cc1cnc(C)p13. The second kappa shape index (κ2) is 10.7. The smallest absolute Gasteiger partial charge is 0.256 e. The fourth-order valence-corrected chi connectivity index (χ4v) is 19.4. The van der Waals surface area contributed by atoms with E-state index in [4.69, 9.17) is 9.97 Å². The van der Waals surface area contributed by atoms with Gasteiger partial charge in [0.25, 0.3) is 0 Å². The van der Waals surface area contributed by atoms with Gasteiger partial charge in [0, 0.05) is 44.3 Å². The summed E-state index contributed by atoms with van der Waals surface area (Å²) in [6.07, 6.45) is 26.2. The van der Waals surface area contributed by atoms with E-state index >= 15 is 0 Å². The molecule has 0 N–H and O–H groups in total. The van der Waals surface area contributed by atoms with Crippen LogP contribution in [0.15, 0.2) is 18.6 Å². The maximum atomic E-state index is 4.72. The Hall–Kier alpha value is -3.05. The predicted molar refractivity (Wildman–Crippen MR) is 185 cm³/mol. The highest BCUT2D eigenvalue weighted by Gasteiger charge is 2.67. The van der Waals surface area contributed by atoms with Crippen molar-refractivity contribution >= 4 is 47.5 Å². The molecule has 0 bridgehead atoms. The van der Waals surface area contributed by atoms with E-state index in [1.807, 2.05) is 0 Å². The third-order valence-electron chi connectivity index (χ3n) is 10.7. The number of nitrogens with zero attached hydrogens (tertiary/aromatic N) is 10. The molecule has 6 aliphatic rings. The van der Waals surface area contributed by atoms with Gasteiger partial charge in [-0.1, -0.05) is 0 Å². The molecule has 46 heavy (non-hydrogen) atoms. The maximum Gasteiger partial charge on any atom is 0.482 e. The molecule has 0 amide bonds. The van der Waals surface area contributed by atoms with E-state index in [0.717, 1.165) is 24.7 Å². The van der Waals surface area contributed by atoms with Gasteiger partial charge in [-0.3, -0.25) is 15.0 Å². The topological polar surface area (TPSA) is 81.4 Å². The molecule has 4 atom stereocenters. The molecule has 0 saturated carbocycles. The highest BCUT2D eigenvalue weighted by atomic mass is 31.2. The summed E-state index contributed by atoms with van der Waals surface area (Å²) in [7, 11) is -1.31. The van der Waals surface area contributed by atoms with Crippen molar-refractivity contribution in [1.29, 1.82) is 0 Å². The molecule has 2 fully saturated rings. The standard InChI is InChI=1S/C17H22N4P2.C16H21N6P/c1-13-18-9-15-11-20-7-5-3-4-6-8-21-12-16-10-19-14(2)23(16)17(20,21)22(13)15;1-12-18-19-15-11-21-8-6-4-3-5-7-20-10-14-9-17-13(2)23(14)16(20,21)22(12)15/h9-12H,3-8H2,1-2H3;9-11H,3-8H2,1-2H3/q2*+2. The minimum Gasteiger partial charge on any atom is -0.256 e.